The molecule has 2 rings (SSSR count). The van der Waals surface area contributed by atoms with Gasteiger partial charge in [0.2, 0.25) is 5.95 Å². The second kappa shape index (κ2) is 8.17. The topological polar surface area (TPSA) is 44.3 Å². The lowest BCUT2D eigenvalue weighted by Crippen LogP contribution is -2.47. The van der Waals surface area contributed by atoms with Crippen molar-refractivity contribution in [3.05, 3.63) is 18.5 Å². The van der Waals surface area contributed by atoms with Gasteiger partial charge in [0.15, 0.2) is 0 Å². The lowest BCUT2D eigenvalue weighted by molar-refractivity contribution is 0.252. The molecule has 1 aliphatic heterocycles. The maximum absolute atomic E-state index is 4.32. The van der Waals surface area contributed by atoms with Crippen LogP contribution in [0.15, 0.2) is 18.5 Å². The molecule has 0 spiro atoms. The first kappa shape index (κ1) is 15.2. The minimum Gasteiger partial charge on any atom is -0.338 e. The van der Waals surface area contributed by atoms with Gasteiger partial charge in [0, 0.05) is 38.6 Å². The minimum absolute atomic E-state index is 0.740. The molecule has 5 heteroatoms. The van der Waals surface area contributed by atoms with Crippen molar-refractivity contribution in [1.29, 1.82) is 0 Å². The number of aromatic nitrogens is 2. The summed E-state index contributed by atoms with van der Waals surface area (Å²) in [5, 5.41) is 3.50. The predicted octanol–water partition coefficient (Wildman–Crippen LogP) is 1.23. The molecular weight excluding hydrogens is 250 g/mol. The average molecular weight is 277 g/mol. The van der Waals surface area contributed by atoms with E-state index in [2.05, 4.69) is 38.9 Å². The van der Waals surface area contributed by atoms with Crippen molar-refractivity contribution >= 4 is 5.95 Å². The number of hydrogen-bond donors (Lipinski definition) is 1. The van der Waals surface area contributed by atoms with E-state index in [-0.39, 0.29) is 0 Å². The predicted molar refractivity (Wildman–Crippen MR) is 83.0 cm³/mol. The van der Waals surface area contributed by atoms with Crippen molar-refractivity contribution in [2.45, 2.75) is 20.3 Å². The summed E-state index contributed by atoms with van der Waals surface area (Å²) in [6, 6.07) is 1.86. The maximum atomic E-state index is 4.32. The number of hydrogen-bond acceptors (Lipinski definition) is 5. The van der Waals surface area contributed by atoms with Crippen LogP contribution in [0.2, 0.25) is 0 Å². The van der Waals surface area contributed by atoms with Crippen LogP contribution in [0.4, 0.5) is 5.95 Å². The van der Waals surface area contributed by atoms with Gasteiger partial charge < -0.3 is 10.2 Å². The lowest BCUT2D eigenvalue weighted by atomic mass is 10.2. The van der Waals surface area contributed by atoms with Gasteiger partial charge in [-0.15, -0.1) is 0 Å². The van der Waals surface area contributed by atoms with E-state index in [1.54, 1.807) is 0 Å². The number of anilines is 1. The van der Waals surface area contributed by atoms with Crippen LogP contribution in [-0.2, 0) is 0 Å². The Morgan fingerprint density at radius 2 is 1.85 bits per heavy atom. The Labute approximate surface area is 122 Å². The van der Waals surface area contributed by atoms with Gasteiger partial charge in [-0.2, -0.15) is 0 Å². The Balaban J connectivity index is 1.60. The molecule has 0 bridgehead atoms. The fourth-order valence-electron chi connectivity index (χ4n) is 2.44. The summed E-state index contributed by atoms with van der Waals surface area (Å²) in [6.45, 7) is 12.2. The van der Waals surface area contributed by atoms with Crippen LogP contribution in [0.5, 0.6) is 0 Å². The number of piperazine rings is 1. The van der Waals surface area contributed by atoms with Crippen LogP contribution in [0.25, 0.3) is 0 Å². The van der Waals surface area contributed by atoms with Crippen LogP contribution < -0.4 is 10.2 Å². The zero-order chi connectivity index (χ0) is 14.2. The Bertz CT molecular complexity index is 360. The van der Waals surface area contributed by atoms with Crippen molar-refractivity contribution in [3.8, 4) is 0 Å². The van der Waals surface area contributed by atoms with Crippen molar-refractivity contribution in [3.63, 3.8) is 0 Å². The molecule has 1 N–H and O–H groups in total. The second-order valence-electron chi connectivity index (χ2n) is 5.83. The molecule has 2 heterocycles. The molecule has 0 saturated carbocycles. The van der Waals surface area contributed by atoms with E-state index in [1.165, 1.54) is 13.0 Å². The van der Waals surface area contributed by atoms with E-state index < -0.39 is 0 Å². The highest BCUT2D eigenvalue weighted by Gasteiger charge is 2.17. The summed E-state index contributed by atoms with van der Waals surface area (Å²) in [5.74, 6) is 1.61. The summed E-state index contributed by atoms with van der Waals surface area (Å²) >= 11 is 0. The van der Waals surface area contributed by atoms with Gasteiger partial charge in [-0.05, 0) is 38.0 Å². The fraction of sp³-hybridized carbons (Fsp3) is 0.733. The molecule has 1 aromatic rings. The third-order valence-electron chi connectivity index (χ3n) is 3.59. The van der Waals surface area contributed by atoms with E-state index in [9.17, 15) is 0 Å². The van der Waals surface area contributed by atoms with E-state index in [1.807, 2.05) is 18.5 Å². The van der Waals surface area contributed by atoms with Gasteiger partial charge in [0.05, 0.1) is 0 Å². The van der Waals surface area contributed by atoms with Gasteiger partial charge in [-0.3, -0.25) is 4.90 Å². The number of nitrogens with one attached hydrogen (secondary N) is 1. The van der Waals surface area contributed by atoms with E-state index >= 15 is 0 Å². The first-order chi connectivity index (χ1) is 9.75. The molecule has 112 valence electrons. The molecule has 0 atom stereocenters. The first-order valence-corrected chi connectivity index (χ1v) is 7.71. The molecule has 0 aliphatic carbocycles. The van der Waals surface area contributed by atoms with Crippen LogP contribution in [0, 0.1) is 5.92 Å². The molecule has 1 fully saturated rings. The third kappa shape index (κ3) is 5.06. The first-order valence-electron chi connectivity index (χ1n) is 7.71. The molecule has 20 heavy (non-hydrogen) atoms. The maximum Gasteiger partial charge on any atom is 0.225 e. The normalized spacial score (nSPS) is 16.9. The van der Waals surface area contributed by atoms with E-state index in [4.69, 9.17) is 0 Å². The Morgan fingerprint density at radius 3 is 2.50 bits per heavy atom. The van der Waals surface area contributed by atoms with Crippen molar-refractivity contribution < 1.29 is 0 Å². The highest BCUT2D eigenvalue weighted by atomic mass is 15.3. The van der Waals surface area contributed by atoms with Crippen LogP contribution in [-0.4, -0.2) is 60.7 Å². The summed E-state index contributed by atoms with van der Waals surface area (Å²) in [5.41, 5.74) is 0. The molecule has 1 aliphatic rings. The monoisotopic (exact) mass is 277 g/mol. The fourth-order valence-corrected chi connectivity index (χ4v) is 2.44. The van der Waals surface area contributed by atoms with Crippen LogP contribution >= 0.6 is 0 Å². The molecule has 0 radical (unpaired) electrons. The van der Waals surface area contributed by atoms with Crippen molar-refractivity contribution in [1.82, 2.24) is 20.2 Å². The minimum atomic E-state index is 0.740. The van der Waals surface area contributed by atoms with E-state index in [0.717, 1.165) is 51.1 Å². The molecular formula is C15H27N5. The second-order valence-corrected chi connectivity index (χ2v) is 5.83. The summed E-state index contributed by atoms with van der Waals surface area (Å²) in [6.07, 6.45) is 4.86. The standard InChI is InChI=1S/C15H27N5/c1-14(2)13-16-5-4-8-19-9-11-20(12-10-19)15-17-6-3-7-18-15/h3,6-7,14,16H,4-5,8-13H2,1-2H3. The molecule has 0 aromatic carbocycles. The molecule has 0 amide bonds. The number of nitrogens with zero attached hydrogens (tertiary/aromatic N) is 4. The van der Waals surface area contributed by atoms with Gasteiger partial charge in [0.25, 0.3) is 0 Å². The van der Waals surface area contributed by atoms with E-state index in [0.29, 0.717) is 0 Å². The molecule has 1 saturated heterocycles. The van der Waals surface area contributed by atoms with Gasteiger partial charge in [-0.1, -0.05) is 13.8 Å². The quantitative estimate of drug-likeness (QED) is 0.760. The SMILES string of the molecule is CC(C)CNCCCN1CCN(c2ncccn2)CC1. The average Bonchev–Trinajstić information content (AvgIpc) is 2.48. The van der Waals surface area contributed by atoms with Crippen molar-refractivity contribution in [2.75, 3.05) is 50.7 Å². The van der Waals surface area contributed by atoms with Gasteiger partial charge >= 0.3 is 0 Å². The Kier molecular flexibility index (Phi) is 6.21. The Hall–Kier alpha value is -1.20. The summed E-state index contributed by atoms with van der Waals surface area (Å²) in [7, 11) is 0. The van der Waals surface area contributed by atoms with Gasteiger partial charge in [0.1, 0.15) is 0 Å². The van der Waals surface area contributed by atoms with Gasteiger partial charge in [-0.25, -0.2) is 9.97 Å². The highest BCUT2D eigenvalue weighted by molar-refractivity contribution is 5.29. The third-order valence-corrected chi connectivity index (χ3v) is 3.59. The zero-order valence-corrected chi connectivity index (χ0v) is 12.8. The highest BCUT2D eigenvalue weighted by Crippen LogP contribution is 2.09. The summed E-state index contributed by atoms with van der Waals surface area (Å²) < 4.78 is 0. The zero-order valence-electron chi connectivity index (χ0n) is 12.8. The summed E-state index contributed by atoms with van der Waals surface area (Å²) in [4.78, 5) is 13.4. The lowest BCUT2D eigenvalue weighted by Gasteiger charge is -2.34. The molecule has 0 unspecified atom stereocenters. The Morgan fingerprint density at radius 1 is 1.15 bits per heavy atom. The largest absolute Gasteiger partial charge is 0.338 e. The smallest absolute Gasteiger partial charge is 0.225 e. The van der Waals surface area contributed by atoms with Crippen LogP contribution in [0.1, 0.15) is 20.3 Å². The van der Waals surface area contributed by atoms with Crippen molar-refractivity contribution in [2.24, 2.45) is 5.92 Å². The molecule has 1 aromatic heterocycles. The van der Waals surface area contributed by atoms with Crippen LogP contribution in [0.3, 0.4) is 0 Å². The number of rotatable bonds is 7. The molecule has 5 nitrogen and oxygen atoms in total.